The molecule has 0 aliphatic carbocycles. The van der Waals surface area contributed by atoms with Crippen molar-refractivity contribution >= 4 is 6.03 Å². The Balaban J connectivity index is 2.40. The van der Waals surface area contributed by atoms with Crippen LogP contribution in [-0.4, -0.2) is 26.3 Å². The van der Waals surface area contributed by atoms with Crippen LogP contribution in [0.4, 0.5) is 18.0 Å². The monoisotopic (exact) mass is 276 g/mol. The Labute approximate surface area is 108 Å². The maximum Gasteiger partial charge on any atom is 0.416 e. The van der Waals surface area contributed by atoms with E-state index in [0.29, 0.717) is 18.7 Å². The summed E-state index contributed by atoms with van der Waals surface area (Å²) < 4.78 is 41.7. The fraction of sp³-hybridized carbons (Fsp3) is 0.417. The Morgan fingerprint density at radius 1 is 1.21 bits per heavy atom. The number of carbonyl (C=O) groups excluding carboxylic acids is 1. The van der Waals surface area contributed by atoms with Crippen LogP contribution in [0, 0.1) is 0 Å². The Kier molecular flexibility index (Phi) is 5.62. The molecule has 0 unspecified atom stereocenters. The van der Waals surface area contributed by atoms with Gasteiger partial charge in [0, 0.05) is 20.2 Å². The van der Waals surface area contributed by atoms with Crippen molar-refractivity contribution in [2.75, 3.05) is 20.3 Å². The van der Waals surface area contributed by atoms with Crippen LogP contribution in [0.25, 0.3) is 0 Å². The molecule has 0 fully saturated rings. The molecule has 0 atom stereocenters. The Bertz CT molecular complexity index is 404. The lowest BCUT2D eigenvalue weighted by atomic mass is 10.1. The van der Waals surface area contributed by atoms with Crippen molar-refractivity contribution < 1.29 is 22.7 Å². The van der Waals surface area contributed by atoms with Gasteiger partial charge in [-0.2, -0.15) is 13.2 Å². The number of ether oxygens (including phenoxy) is 1. The Morgan fingerprint density at radius 3 is 2.37 bits per heavy atom. The predicted octanol–water partition coefficient (Wildman–Crippen LogP) is 2.15. The lowest BCUT2D eigenvalue weighted by molar-refractivity contribution is -0.137. The van der Waals surface area contributed by atoms with Crippen LogP contribution in [0.1, 0.15) is 11.1 Å². The van der Waals surface area contributed by atoms with Crippen LogP contribution in [0.2, 0.25) is 0 Å². The number of nitrogens with one attached hydrogen (secondary N) is 2. The molecule has 7 heteroatoms. The van der Waals surface area contributed by atoms with E-state index in [-0.39, 0.29) is 6.54 Å². The number of methoxy groups -OCH3 is 1. The first-order valence-corrected chi connectivity index (χ1v) is 5.60. The van der Waals surface area contributed by atoms with E-state index in [1.165, 1.54) is 19.2 Å². The zero-order valence-electron chi connectivity index (χ0n) is 10.4. The number of rotatable bonds is 5. The molecule has 19 heavy (non-hydrogen) atoms. The predicted molar refractivity (Wildman–Crippen MR) is 63.6 cm³/mol. The van der Waals surface area contributed by atoms with Gasteiger partial charge < -0.3 is 15.4 Å². The van der Waals surface area contributed by atoms with Gasteiger partial charge in [0.2, 0.25) is 0 Å². The normalized spacial score (nSPS) is 11.2. The van der Waals surface area contributed by atoms with E-state index in [0.717, 1.165) is 12.1 Å². The molecule has 4 nitrogen and oxygen atoms in total. The molecule has 0 saturated heterocycles. The summed E-state index contributed by atoms with van der Waals surface area (Å²) in [7, 11) is 1.52. The Hall–Kier alpha value is -1.76. The summed E-state index contributed by atoms with van der Waals surface area (Å²) in [6.07, 6.45) is -4.34. The topological polar surface area (TPSA) is 50.4 Å². The summed E-state index contributed by atoms with van der Waals surface area (Å²) in [6, 6.07) is 4.24. The van der Waals surface area contributed by atoms with Gasteiger partial charge in [-0.15, -0.1) is 0 Å². The second-order valence-corrected chi connectivity index (χ2v) is 3.80. The fourth-order valence-electron chi connectivity index (χ4n) is 1.32. The highest BCUT2D eigenvalue weighted by Gasteiger charge is 2.29. The van der Waals surface area contributed by atoms with E-state index in [2.05, 4.69) is 10.6 Å². The number of benzene rings is 1. The van der Waals surface area contributed by atoms with Crippen LogP contribution < -0.4 is 10.6 Å². The minimum Gasteiger partial charge on any atom is -0.383 e. The van der Waals surface area contributed by atoms with E-state index in [4.69, 9.17) is 4.74 Å². The van der Waals surface area contributed by atoms with Gasteiger partial charge in [-0.25, -0.2) is 4.79 Å². The standard InChI is InChI=1S/C12H15F3N2O2/c1-19-7-6-16-11(18)17-8-9-2-4-10(5-3-9)12(13,14)15/h2-5H,6-8H2,1H3,(H2,16,17,18). The van der Waals surface area contributed by atoms with Crippen LogP contribution in [-0.2, 0) is 17.5 Å². The van der Waals surface area contributed by atoms with E-state index in [1.807, 2.05) is 0 Å². The molecule has 0 bridgehead atoms. The van der Waals surface area contributed by atoms with Crippen molar-refractivity contribution in [3.63, 3.8) is 0 Å². The van der Waals surface area contributed by atoms with Crippen LogP contribution in [0.5, 0.6) is 0 Å². The largest absolute Gasteiger partial charge is 0.416 e. The van der Waals surface area contributed by atoms with Gasteiger partial charge in [0.15, 0.2) is 0 Å². The van der Waals surface area contributed by atoms with Crippen molar-refractivity contribution in [1.29, 1.82) is 0 Å². The highest BCUT2D eigenvalue weighted by Crippen LogP contribution is 2.28. The molecule has 0 aliphatic heterocycles. The third-order valence-corrected chi connectivity index (χ3v) is 2.33. The molecule has 0 aliphatic rings. The second-order valence-electron chi connectivity index (χ2n) is 3.80. The first-order valence-electron chi connectivity index (χ1n) is 5.60. The molecule has 106 valence electrons. The molecule has 0 heterocycles. The van der Waals surface area contributed by atoms with E-state index in [9.17, 15) is 18.0 Å². The molecule has 1 rings (SSSR count). The highest BCUT2D eigenvalue weighted by molar-refractivity contribution is 5.73. The smallest absolute Gasteiger partial charge is 0.383 e. The third-order valence-electron chi connectivity index (χ3n) is 2.33. The summed E-state index contributed by atoms with van der Waals surface area (Å²) in [5.74, 6) is 0. The quantitative estimate of drug-likeness (QED) is 0.810. The van der Waals surface area contributed by atoms with Gasteiger partial charge in [0.1, 0.15) is 0 Å². The van der Waals surface area contributed by atoms with Gasteiger partial charge in [-0.1, -0.05) is 12.1 Å². The zero-order chi connectivity index (χ0) is 14.3. The summed E-state index contributed by atoms with van der Waals surface area (Å²) in [5.41, 5.74) is -0.115. The number of carbonyl (C=O) groups is 1. The number of amides is 2. The maximum atomic E-state index is 12.3. The molecular weight excluding hydrogens is 261 g/mol. The molecule has 0 spiro atoms. The van der Waals surface area contributed by atoms with Gasteiger partial charge in [-0.3, -0.25) is 0 Å². The van der Waals surface area contributed by atoms with Crippen molar-refractivity contribution in [1.82, 2.24) is 10.6 Å². The lowest BCUT2D eigenvalue weighted by Crippen LogP contribution is -2.36. The van der Waals surface area contributed by atoms with E-state index >= 15 is 0 Å². The molecule has 1 aromatic carbocycles. The molecular formula is C12H15F3N2O2. The molecule has 0 saturated carbocycles. The second kappa shape index (κ2) is 6.98. The van der Waals surface area contributed by atoms with Crippen molar-refractivity contribution in [3.8, 4) is 0 Å². The first-order chi connectivity index (χ1) is 8.93. The van der Waals surface area contributed by atoms with Gasteiger partial charge in [-0.05, 0) is 17.7 Å². The Morgan fingerprint density at radius 2 is 1.84 bits per heavy atom. The molecule has 2 amide bonds. The van der Waals surface area contributed by atoms with Crippen LogP contribution >= 0.6 is 0 Å². The summed E-state index contributed by atoms with van der Waals surface area (Å²) >= 11 is 0. The highest BCUT2D eigenvalue weighted by atomic mass is 19.4. The van der Waals surface area contributed by atoms with Crippen molar-refractivity contribution in [3.05, 3.63) is 35.4 Å². The molecule has 1 aromatic rings. The van der Waals surface area contributed by atoms with Gasteiger partial charge in [0.05, 0.1) is 12.2 Å². The SMILES string of the molecule is COCCNC(=O)NCc1ccc(C(F)(F)F)cc1. The minimum atomic E-state index is -4.34. The maximum absolute atomic E-state index is 12.3. The average Bonchev–Trinajstić information content (AvgIpc) is 2.36. The van der Waals surface area contributed by atoms with E-state index in [1.54, 1.807) is 0 Å². The van der Waals surface area contributed by atoms with Crippen molar-refractivity contribution in [2.45, 2.75) is 12.7 Å². The number of hydrogen-bond acceptors (Lipinski definition) is 2. The molecule has 2 N–H and O–H groups in total. The number of urea groups is 1. The van der Waals surface area contributed by atoms with Crippen LogP contribution in [0.15, 0.2) is 24.3 Å². The van der Waals surface area contributed by atoms with E-state index < -0.39 is 17.8 Å². The number of halogens is 3. The minimum absolute atomic E-state index is 0.164. The fourth-order valence-corrected chi connectivity index (χ4v) is 1.32. The molecule has 0 radical (unpaired) electrons. The average molecular weight is 276 g/mol. The first kappa shape index (κ1) is 15.3. The van der Waals surface area contributed by atoms with Gasteiger partial charge in [0.25, 0.3) is 0 Å². The zero-order valence-corrected chi connectivity index (χ0v) is 10.4. The number of hydrogen-bond donors (Lipinski definition) is 2. The van der Waals surface area contributed by atoms with Gasteiger partial charge >= 0.3 is 12.2 Å². The summed E-state index contributed by atoms with van der Waals surface area (Å²) in [5, 5.41) is 5.06. The van der Waals surface area contributed by atoms with Crippen molar-refractivity contribution in [2.24, 2.45) is 0 Å². The number of alkyl halides is 3. The van der Waals surface area contributed by atoms with Crippen LogP contribution in [0.3, 0.4) is 0 Å². The summed E-state index contributed by atoms with van der Waals surface area (Å²) in [6.45, 7) is 0.931. The lowest BCUT2D eigenvalue weighted by Gasteiger charge is -2.09. The third kappa shape index (κ3) is 5.60. The summed E-state index contributed by atoms with van der Waals surface area (Å²) in [4.78, 5) is 11.3. The molecule has 0 aromatic heterocycles.